The summed E-state index contributed by atoms with van der Waals surface area (Å²) in [4.78, 5) is 26.4. The molecule has 4 rings (SSSR count). The molecule has 1 N–H and O–H groups in total. The number of ether oxygens (including phenoxy) is 2. The first kappa shape index (κ1) is 20.2. The van der Waals surface area contributed by atoms with Crippen molar-refractivity contribution in [2.24, 2.45) is 0 Å². The Hall–Kier alpha value is -3.09. The third-order valence-electron chi connectivity index (χ3n) is 5.43. The van der Waals surface area contributed by atoms with Gasteiger partial charge in [-0.3, -0.25) is 4.98 Å². The fourth-order valence-corrected chi connectivity index (χ4v) is 3.96. The van der Waals surface area contributed by atoms with E-state index in [-0.39, 0.29) is 6.09 Å². The van der Waals surface area contributed by atoms with Crippen LogP contribution >= 0.6 is 0 Å². The monoisotopic (exact) mass is 408 g/mol. The molecule has 1 aliphatic heterocycles. The summed E-state index contributed by atoms with van der Waals surface area (Å²) in [5, 5.41) is 1.05. The second kappa shape index (κ2) is 7.97. The second-order valence-corrected chi connectivity index (χ2v) is 8.66. The lowest BCUT2D eigenvalue weighted by Gasteiger charge is -2.33. The molecule has 7 nitrogen and oxygen atoms in total. The molecule has 3 aromatic rings. The number of pyridine rings is 2. The van der Waals surface area contributed by atoms with Gasteiger partial charge in [0.2, 0.25) is 0 Å². The maximum absolute atomic E-state index is 12.3. The Morgan fingerprint density at radius 3 is 2.63 bits per heavy atom. The summed E-state index contributed by atoms with van der Waals surface area (Å²) in [6.07, 6.45) is 6.89. The number of fused-ring (bicyclic) bond motifs is 1. The highest BCUT2D eigenvalue weighted by Crippen LogP contribution is 2.36. The smallest absolute Gasteiger partial charge is 0.410 e. The minimum Gasteiger partial charge on any atom is -0.496 e. The molecule has 7 heteroatoms. The number of rotatable bonds is 3. The first-order valence-corrected chi connectivity index (χ1v) is 10.3. The van der Waals surface area contributed by atoms with Crippen LogP contribution in [-0.4, -0.2) is 51.7 Å². The maximum Gasteiger partial charge on any atom is 0.410 e. The normalized spacial score (nSPS) is 15.4. The topological polar surface area (TPSA) is 80.3 Å². The highest BCUT2D eigenvalue weighted by molar-refractivity contribution is 5.95. The number of aromatic nitrogens is 3. The van der Waals surface area contributed by atoms with Crippen molar-refractivity contribution in [3.63, 3.8) is 0 Å². The summed E-state index contributed by atoms with van der Waals surface area (Å²) in [6.45, 7) is 7.05. The number of aromatic amines is 1. The van der Waals surface area contributed by atoms with E-state index >= 15 is 0 Å². The van der Waals surface area contributed by atoms with E-state index in [0.29, 0.717) is 19.0 Å². The average Bonchev–Trinajstić information content (AvgIpc) is 3.17. The molecular formula is C23H28N4O3. The van der Waals surface area contributed by atoms with Crippen molar-refractivity contribution in [1.82, 2.24) is 19.9 Å². The van der Waals surface area contributed by atoms with Crippen molar-refractivity contribution >= 4 is 17.1 Å². The largest absolute Gasteiger partial charge is 0.496 e. The molecule has 1 aliphatic rings. The summed E-state index contributed by atoms with van der Waals surface area (Å²) in [5.74, 6) is 1.13. The van der Waals surface area contributed by atoms with Crippen LogP contribution in [0, 0.1) is 0 Å². The van der Waals surface area contributed by atoms with Crippen LogP contribution in [0.1, 0.15) is 45.2 Å². The maximum atomic E-state index is 12.3. The molecule has 1 saturated heterocycles. The van der Waals surface area contributed by atoms with Gasteiger partial charge < -0.3 is 19.4 Å². The van der Waals surface area contributed by atoms with Crippen molar-refractivity contribution in [2.45, 2.75) is 45.1 Å². The molecule has 1 amide bonds. The van der Waals surface area contributed by atoms with Crippen LogP contribution in [0.5, 0.6) is 5.75 Å². The van der Waals surface area contributed by atoms with E-state index in [0.717, 1.165) is 46.4 Å². The van der Waals surface area contributed by atoms with E-state index in [1.165, 1.54) is 0 Å². The van der Waals surface area contributed by atoms with Crippen molar-refractivity contribution in [2.75, 3.05) is 20.2 Å². The molecule has 0 atom stereocenters. The number of hydrogen-bond donors (Lipinski definition) is 1. The molecule has 30 heavy (non-hydrogen) atoms. The minimum absolute atomic E-state index is 0.231. The van der Waals surface area contributed by atoms with Crippen LogP contribution in [0.15, 0.2) is 36.8 Å². The standard InChI is InChI=1S/C23H28N4O3/c1-23(2,3)30-22(28)27-11-7-15(8-12-27)19-13-17-16(5-10-25-21(17)26-19)18-14-24-9-6-20(18)29-4/h5-6,9-10,13-15H,7-8,11-12H2,1-4H3,(H,25,26). The molecule has 0 spiro atoms. The summed E-state index contributed by atoms with van der Waals surface area (Å²) in [6, 6.07) is 6.03. The van der Waals surface area contributed by atoms with E-state index in [9.17, 15) is 4.79 Å². The number of carbonyl (C=O) groups is 1. The molecule has 3 aromatic heterocycles. The van der Waals surface area contributed by atoms with Gasteiger partial charge in [0.05, 0.1) is 7.11 Å². The highest BCUT2D eigenvalue weighted by Gasteiger charge is 2.28. The third-order valence-corrected chi connectivity index (χ3v) is 5.43. The number of hydrogen-bond acceptors (Lipinski definition) is 5. The first-order valence-electron chi connectivity index (χ1n) is 10.3. The number of H-pyrrole nitrogens is 1. The lowest BCUT2D eigenvalue weighted by Crippen LogP contribution is -2.41. The first-order chi connectivity index (χ1) is 14.4. The number of amides is 1. The summed E-state index contributed by atoms with van der Waals surface area (Å²) < 4.78 is 11.0. The Morgan fingerprint density at radius 2 is 1.93 bits per heavy atom. The zero-order valence-corrected chi connectivity index (χ0v) is 17.9. The van der Waals surface area contributed by atoms with Gasteiger partial charge in [-0.25, -0.2) is 9.78 Å². The Labute approximate surface area is 176 Å². The number of piperidine rings is 1. The van der Waals surface area contributed by atoms with Gasteiger partial charge >= 0.3 is 6.09 Å². The number of nitrogens with one attached hydrogen (secondary N) is 1. The van der Waals surface area contributed by atoms with Crippen LogP contribution in [-0.2, 0) is 4.74 Å². The fourth-order valence-electron chi connectivity index (χ4n) is 3.96. The lowest BCUT2D eigenvalue weighted by molar-refractivity contribution is 0.0204. The van der Waals surface area contributed by atoms with Gasteiger partial charge in [0.1, 0.15) is 17.0 Å². The Kier molecular flexibility index (Phi) is 5.37. The zero-order valence-electron chi connectivity index (χ0n) is 17.9. The van der Waals surface area contributed by atoms with Gasteiger partial charge in [0.25, 0.3) is 0 Å². The van der Waals surface area contributed by atoms with Gasteiger partial charge in [-0.1, -0.05) is 0 Å². The van der Waals surface area contributed by atoms with Gasteiger partial charge in [0, 0.05) is 54.2 Å². The van der Waals surface area contributed by atoms with Crippen molar-refractivity contribution < 1.29 is 14.3 Å². The number of methoxy groups -OCH3 is 1. The summed E-state index contributed by atoms with van der Waals surface area (Å²) >= 11 is 0. The summed E-state index contributed by atoms with van der Waals surface area (Å²) in [5.41, 5.74) is 3.51. The molecule has 1 fully saturated rings. The second-order valence-electron chi connectivity index (χ2n) is 8.66. The fraction of sp³-hybridized carbons (Fsp3) is 0.435. The predicted octanol–water partition coefficient (Wildman–Crippen LogP) is 4.75. The molecule has 0 aromatic carbocycles. The molecular weight excluding hydrogens is 380 g/mol. The number of likely N-dealkylation sites (tertiary alicyclic amines) is 1. The van der Waals surface area contributed by atoms with Crippen LogP contribution in [0.4, 0.5) is 4.79 Å². The number of nitrogens with zero attached hydrogens (tertiary/aromatic N) is 3. The van der Waals surface area contributed by atoms with E-state index in [1.54, 1.807) is 24.4 Å². The van der Waals surface area contributed by atoms with Gasteiger partial charge in [-0.15, -0.1) is 0 Å². The van der Waals surface area contributed by atoms with Crippen LogP contribution in [0.2, 0.25) is 0 Å². The van der Waals surface area contributed by atoms with E-state index < -0.39 is 5.60 Å². The molecule has 0 aliphatic carbocycles. The Morgan fingerprint density at radius 1 is 1.17 bits per heavy atom. The van der Waals surface area contributed by atoms with Gasteiger partial charge in [-0.2, -0.15) is 0 Å². The van der Waals surface area contributed by atoms with Crippen LogP contribution in [0.25, 0.3) is 22.2 Å². The SMILES string of the molecule is COc1ccncc1-c1ccnc2[nH]c(C3CCN(C(=O)OC(C)(C)C)CC3)cc12. The molecule has 158 valence electrons. The van der Waals surface area contributed by atoms with E-state index in [2.05, 4.69) is 21.0 Å². The third kappa shape index (κ3) is 4.10. The highest BCUT2D eigenvalue weighted by atomic mass is 16.6. The Bertz CT molecular complexity index is 1050. The van der Waals surface area contributed by atoms with Crippen molar-refractivity contribution in [3.8, 4) is 16.9 Å². The van der Waals surface area contributed by atoms with Crippen molar-refractivity contribution in [1.29, 1.82) is 0 Å². The van der Waals surface area contributed by atoms with Gasteiger partial charge in [0.15, 0.2) is 0 Å². The molecule has 0 radical (unpaired) electrons. The molecule has 4 heterocycles. The molecule has 0 saturated carbocycles. The zero-order chi connectivity index (χ0) is 21.3. The van der Waals surface area contributed by atoms with Crippen LogP contribution in [0.3, 0.4) is 0 Å². The predicted molar refractivity (Wildman–Crippen MR) is 116 cm³/mol. The minimum atomic E-state index is -0.472. The van der Waals surface area contributed by atoms with Gasteiger partial charge in [-0.05, 0) is 57.4 Å². The summed E-state index contributed by atoms with van der Waals surface area (Å²) in [7, 11) is 1.66. The molecule has 0 unspecified atom stereocenters. The number of carbonyl (C=O) groups excluding carboxylic acids is 1. The average molecular weight is 409 g/mol. The van der Waals surface area contributed by atoms with Crippen molar-refractivity contribution in [3.05, 3.63) is 42.5 Å². The lowest BCUT2D eigenvalue weighted by atomic mass is 9.93. The molecule has 0 bridgehead atoms. The quantitative estimate of drug-likeness (QED) is 0.677. The Balaban J connectivity index is 1.55. The van der Waals surface area contributed by atoms with Crippen LogP contribution < -0.4 is 4.74 Å². The van der Waals surface area contributed by atoms with E-state index in [4.69, 9.17) is 9.47 Å². The van der Waals surface area contributed by atoms with E-state index in [1.807, 2.05) is 39.1 Å².